The number of pyridine rings is 1. The second kappa shape index (κ2) is 11.8. The van der Waals surface area contributed by atoms with E-state index in [-0.39, 0.29) is 24.0 Å². The molecule has 1 atom stereocenters. The fourth-order valence-corrected chi connectivity index (χ4v) is 6.11. The number of imidazole rings is 1. The van der Waals surface area contributed by atoms with E-state index in [9.17, 15) is 9.59 Å². The van der Waals surface area contributed by atoms with Gasteiger partial charge < -0.3 is 28.7 Å². The Morgan fingerprint density at radius 2 is 1.81 bits per heavy atom. The van der Waals surface area contributed by atoms with Crippen LogP contribution in [-0.4, -0.2) is 92.1 Å². The number of halogens is 1. The molecule has 232 valence electrons. The third kappa shape index (κ3) is 6.23. The molecule has 0 N–H and O–H groups in total. The van der Waals surface area contributed by atoms with Gasteiger partial charge in [0.2, 0.25) is 11.9 Å². The van der Waals surface area contributed by atoms with E-state index in [1.807, 2.05) is 68.1 Å². The Bertz CT molecular complexity index is 1480. The number of aromatic nitrogens is 4. The monoisotopic (exact) mass is 610 g/mol. The van der Waals surface area contributed by atoms with Crippen molar-refractivity contribution in [1.82, 2.24) is 29.2 Å². The molecule has 2 saturated heterocycles. The lowest BCUT2D eigenvalue weighted by Gasteiger charge is -2.46. The van der Waals surface area contributed by atoms with Gasteiger partial charge in [-0.25, -0.2) is 14.8 Å². The van der Waals surface area contributed by atoms with Gasteiger partial charge in [0.05, 0.1) is 29.5 Å². The van der Waals surface area contributed by atoms with E-state index in [0.29, 0.717) is 56.1 Å². The number of carbonyl (C=O) groups excluding carboxylic acids is 2. The van der Waals surface area contributed by atoms with Crippen LogP contribution in [0, 0.1) is 5.92 Å². The maximum Gasteiger partial charge on any atom is 0.410 e. The first-order valence-corrected chi connectivity index (χ1v) is 15.4. The molecule has 3 aromatic rings. The molecule has 2 fully saturated rings. The average Bonchev–Trinajstić information content (AvgIpc) is 3.36. The van der Waals surface area contributed by atoms with Crippen LogP contribution in [0.5, 0.6) is 0 Å². The van der Waals surface area contributed by atoms with Crippen molar-refractivity contribution >= 4 is 41.0 Å². The second-order valence-corrected chi connectivity index (χ2v) is 13.4. The van der Waals surface area contributed by atoms with E-state index in [1.165, 1.54) is 0 Å². The maximum atomic E-state index is 13.9. The summed E-state index contributed by atoms with van der Waals surface area (Å²) in [6, 6.07) is 5.90. The number of amides is 2. The highest BCUT2D eigenvalue weighted by Crippen LogP contribution is 2.35. The summed E-state index contributed by atoms with van der Waals surface area (Å²) in [4.78, 5) is 48.3. The zero-order valence-corrected chi connectivity index (χ0v) is 27.0. The van der Waals surface area contributed by atoms with Gasteiger partial charge in [0.1, 0.15) is 16.3 Å². The van der Waals surface area contributed by atoms with Gasteiger partial charge in [-0.2, -0.15) is 4.98 Å². The third-order valence-electron chi connectivity index (χ3n) is 8.21. The lowest BCUT2D eigenvalue weighted by atomic mass is 9.92. The highest BCUT2D eigenvalue weighted by molar-refractivity contribution is 6.32. The Morgan fingerprint density at radius 1 is 1.07 bits per heavy atom. The molecule has 2 aliphatic heterocycles. The second-order valence-electron chi connectivity index (χ2n) is 13.0. The van der Waals surface area contributed by atoms with Gasteiger partial charge in [0, 0.05) is 51.5 Å². The molecular formula is C31H43ClN8O3. The first-order valence-electron chi connectivity index (χ1n) is 15.1. The van der Waals surface area contributed by atoms with Crippen molar-refractivity contribution < 1.29 is 14.3 Å². The number of hydrogen-bond acceptors (Lipinski definition) is 8. The van der Waals surface area contributed by atoms with Gasteiger partial charge in [0.15, 0.2) is 5.82 Å². The summed E-state index contributed by atoms with van der Waals surface area (Å²) >= 11 is 6.58. The fourth-order valence-electron chi connectivity index (χ4n) is 5.90. The topological polar surface area (TPSA) is 99.4 Å². The summed E-state index contributed by atoms with van der Waals surface area (Å²) in [5, 5.41) is 0.450. The molecule has 0 radical (unpaired) electrons. The lowest BCUT2D eigenvalue weighted by Crippen LogP contribution is -2.58. The van der Waals surface area contributed by atoms with Gasteiger partial charge in [-0.15, -0.1) is 0 Å². The number of hydrogen-bond donors (Lipinski definition) is 0. The summed E-state index contributed by atoms with van der Waals surface area (Å²) in [6.45, 7) is 17.2. The highest BCUT2D eigenvalue weighted by atomic mass is 35.5. The molecule has 0 bridgehead atoms. The number of fused-ring (bicyclic) bond motifs is 1. The lowest BCUT2D eigenvalue weighted by molar-refractivity contribution is -0.142. The molecular weight excluding hydrogens is 568 g/mol. The number of rotatable bonds is 7. The van der Waals surface area contributed by atoms with Crippen LogP contribution in [0.15, 0.2) is 36.8 Å². The summed E-state index contributed by atoms with van der Waals surface area (Å²) < 4.78 is 7.61. The standard InChI is InChI=1S/C31H43ClN8O3/c1-8-12-40(31(6,7)24-17-33-25-11-9-10-13-39(24)25)27(41)22-19-37(20-22)26-23(32)16-34-28(35-26)38-15-14-36(18-21(38)2)29(42)43-30(3,4)5/h9-11,13,16-17,21-22H,8,12,14-15,18-20H2,1-7H3. The zero-order chi connectivity index (χ0) is 31.1. The summed E-state index contributed by atoms with van der Waals surface area (Å²) in [5.41, 5.74) is 0.745. The van der Waals surface area contributed by atoms with Gasteiger partial charge in [-0.3, -0.25) is 4.79 Å². The van der Waals surface area contributed by atoms with E-state index < -0.39 is 11.1 Å². The number of anilines is 2. The molecule has 2 aliphatic rings. The average molecular weight is 611 g/mol. The van der Waals surface area contributed by atoms with Crippen LogP contribution in [0.25, 0.3) is 5.65 Å². The smallest absolute Gasteiger partial charge is 0.410 e. The van der Waals surface area contributed by atoms with E-state index >= 15 is 0 Å². The van der Waals surface area contributed by atoms with Gasteiger partial charge in [0.25, 0.3) is 0 Å². The first kappa shape index (κ1) is 30.8. The van der Waals surface area contributed by atoms with Gasteiger partial charge in [-0.05, 0) is 60.1 Å². The fraction of sp³-hybridized carbons (Fsp3) is 0.581. The molecule has 5 rings (SSSR count). The van der Waals surface area contributed by atoms with Crippen LogP contribution >= 0.6 is 11.6 Å². The molecule has 0 aliphatic carbocycles. The van der Waals surface area contributed by atoms with Gasteiger partial charge in [-0.1, -0.05) is 24.6 Å². The number of carbonyl (C=O) groups is 2. The molecule has 1 unspecified atom stereocenters. The van der Waals surface area contributed by atoms with Crippen LogP contribution in [0.1, 0.15) is 60.6 Å². The maximum absolute atomic E-state index is 13.9. The van der Waals surface area contributed by atoms with Crippen LogP contribution in [0.4, 0.5) is 16.6 Å². The van der Waals surface area contributed by atoms with Crippen molar-refractivity contribution in [3.05, 3.63) is 47.5 Å². The molecule has 5 heterocycles. The third-order valence-corrected chi connectivity index (χ3v) is 8.48. The highest BCUT2D eigenvalue weighted by Gasteiger charge is 2.43. The van der Waals surface area contributed by atoms with Crippen LogP contribution < -0.4 is 9.80 Å². The van der Waals surface area contributed by atoms with Crippen molar-refractivity contribution in [3.63, 3.8) is 0 Å². The molecule has 11 nitrogen and oxygen atoms in total. The molecule has 0 spiro atoms. The number of ether oxygens (including phenoxy) is 1. The predicted molar refractivity (Wildman–Crippen MR) is 168 cm³/mol. The Labute approximate surface area is 258 Å². The number of piperazine rings is 1. The molecule has 43 heavy (non-hydrogen) atoms. The largest absolute Gasteiger partial charge is 0.444 e. The van der Waals surface area contributed by atoms with Crippen molar-refractivity contribution in [2.75, 3.05) is 49.1 Å². The van der Waals surface area contributed by atoms with E-state index in [0.717, 1.165) is 17.8 Å². The van der Waals surface area contributed by atoms with Crippen molar-refractivity contribution in [2.24, 2.45) is 5.92 Å². The molecule has 12 heteroatoms. The zero-order valence-electron chi connectivity index (χ0n) is 26.2. The van der Waals surface area contributed by atoms with Crippen molar-refractivity contribution in [3.8, 4) is 0 Å². The van der Waals surface area contributed by atoms with E-state index in [2.05, 4.69) is 40.0 Å². The van der Waals surface area contributed by atoms with Crippen LogP contribution in [0.3, 0.4) is 0 Å². The Hall–Kier alpha value is -3.60. The minimum Gasteiger partial charge on any atom is -0.444 e. The number of nitrogens with zero attached hydrogens (tertiary/aromatic N) is 8. The van der Waals surface area contributed by atoms with E-state index in [4.69, 9.17) is 21.3 Å². The Morgan fingerprint density at radius 3 is 2.49 bits per heavy atom. The SMILES string of the molecule is CCCN(C(=O)C1CN(c2nc(N3CCN(C(=O)OC(C)(C)C)CC3C)ncc2Cl)C1)C(C)(C)c1cnc2ccccn12. The van der Waals surface area contributed by atoms with Crippen LogP contribution in [-0.2, 0) is 15.1 Å². The predicted octanol–water partition coefficient (Wildman–Crippen LogP) is 4.83. The molecule has 0 aromatic carbocycles. The summed E-state index contributed by atoms with van der Waals surface area (Å²) in [6.07, 6.45) is 6.03. The van der Waals surface area contributed by atoms with Gasteiger partial charge >= 0.3 is 6.09 Å². The summed E-state index contributed by atoms with van der Waals surface area (Å²) in [7, 11) is 0. The molecule has 0 saturated carbocycles. The Balaban J connectivity index is 1.26. The summed E-state index contributed by atoms with van der Waals surface area (Å²) in [5.74, 6) is 1.13. The van der Waals surface area contributed by atoms with Crippen molar-refractivity contribution in [2.45, 2.75) is 72.1 Å². The normalized spacial score (nSPS) is 18.1. The minimum atomic E-state index is -0.550. The minimum absolute atomic E-state index is 0.00882. The molecule has 3 aromatic heterocycles. The first-order chi connectivity index (χ1) is 20.3. The Kier molecular flexibility index (Phi) is 8.48. The van der Waals surface area contributed by atoms with Crippen LogP contribution in [0.2, 0.25) is 5.02 Å². The van der Waals surface area contributed by atoms with Crippen molar-refractivity contribution in [1.29, 1.82) is 0 Å². The van der Waals surface area contributed by atoms with E-state index in [1.54, 1.807) is 11.1 Å². The quantitative estimate of drug-likeness (QED) is 0.375. The molecule has 2 amide bonds.